The molecule has 0 heterocycles. The Labute approximate surface area is 128 Å². The Bertz CT molecular complexity index is 599. The number of anilines is 2. The van der Waals surface area contributed by atoms with E-state index in [-0.39, 0.29) is 5.91 Å². The van der Waals surface area contributed by atoms with Crippen LogP contribution in [0.25, 0.3) is 0 Å². The molecule has 4 nitrogen and oxygen atoms in total. The number of carbonyl (C=O) groups excluding carboxylic acids is 1. The first kappa shape index (κ1) is 15.3. The van der Waals surface area contributed by atoms with Crippen LogP contribution in [0.15, 0.2) is 53.4 Å². The lowest BCUT2D eigenvalue weighted by atomic mass is 10.3. The first-order valence-electron chi connectivity index (χ1n) is 6.59. The fraction of sp³-hybridized carbons (Fsp3) is 0.188. The third-order valence-electron chi connectivity index (χ3n) is 2.83. The molecule has 0 fully saturated rings. The highest BCUT2D eigenvalue weighted by atomic mass is 32.2. The van der Waals surface area contributed by atoms with Gasteiger partial charge in [-0.2, -0.15) is 0 Å². The summed E-state index contributed by atoms with van der Waals surface area (Å²) in [5.41, 5.74) is 6.98. The number of carbonyl (C=O) groups is 1. The van der Waals surface area contributed by atoms with Gasteiger partial charge in [0.2, 0.25) is 5.91 Å². The minimum absolute atomic E-state index is 0.0960. The lowest BCUT2D eigenvalue weighted by Crippen LogP contribution is -2.15. The van der Waals surface area contributed by atoms with E-state index in [1.54, 1.807) is 36.0 Å². The summed E-state index contributed by atoms with van der Waals surface area (Å²) >= 11 is 1.68. The van der Waals surface area contributed by atoms with Gasteiger partial charge in [0.1, 0.15) is 5.75 Å². The second kappa shape index (κ2) is 7.59. The van der Waals surface area contributed by atoms with Gasteiger partial charge in [-0.15, -0.1) is 11.8 Å². The lowest BCUT2D eigenvalue weighted by molar-refractivity contribution is -0.116. The van der Waals surface area contributed by atoms with E-state index >= 15 is 0 Å². The van der Waals surface area contributed by atoms with Crippen LogP contribution in [0.4, 0.5) is 11.4 Å². The van der Waals surface area contributed by atoms with E-state index in [1.807, 2.05) is 30.5 Å². The van der Waals surface area contributed by atoms with Crippen LogP contribution in [0.2, 0.25) is 0 Å². The van der Waals surface area contributed by atoms with Gasteiger partial charge in [-0.05, 0) is 48.7 Å². The van der Waals surface area contributed by atoms with E-state index < -0.39 is 0 Å². The van der Waals surface area contributed by atoms with Crippen LogP contribution in [-0.4, -0.2) is 18.8 Å². The molecule has 0 aliphatic carbocycles. The van der Waals surface area contributed by atoms with E-state index in [0.29, 0.717) is 24.4 Å². The van der Waals surface area contributed by atoms with E-state index in [2.05, 4.69) is 5.32 Å². The van der Waals surface area contributed by atoms with Gasteiger partial charge in [-0.3, -0.25) is 4.79 Å². The lowest BCUT2D eigenvalue weighted by Gasteiger charge is -2.08. The fourth-order valence-electron chi connectivity index (χ4n) is 1.77. The maximum Gasteiger partial charge on any atom is 0.227 e. The molecule has 21 heavy (non-hydrogen) atoms. The number of nitrogens with one attached hydrogen (secondary N) is 1. The average molecular weight is 302 g/mol. The Morgan fingerprint density at radius 3 is 2.67 bits per heavy atom. The largest absolute Gasteiger partial charge is 0.493 e. The summed E-state index contributed by atoms with van der Waals surface area (Å²) in [6, 6.07) is 14.9. The standard InChI is InChI=1S/C16H18N2O2S/c1-21-15-7-5-14(6-8-15)20-10-9-16(19)18-13-4-2-3-12(17)11-13/h2-8,11H,9-10,17H2,1H3,(H,18,19). The van der Waals surface area contributed by atoms with Crippen LogP contribution in [-0.2, 0) is 4.79 Å². The minimum atomic E-state index is -0.0960. The SMILES string of the molecule is CSc1ccc(OCCC(=O)Nc2cccc(N)c2)cc1. The molecule has 0 aliphatic heterocycles. The van der Waals surface area contributed by atoms with Gasteiger partial charge in [-0.25, -0.2) is 0 Å². The summed E-state index contributed by atoms with van der Waals surface area (Å²) in [6.45, 7) is 0.340. The molecule has 110 valence electrons. The first-order chi connectivity index (χ1) is 10.2. The number of benzene rings is 2. The highest BCUT2D eigenvalue weighted by Gasteiger charge is 2.03. The molecule has 1 amide bonds. The van der Waals surface area contributed by atoms with Gasteiger partial charge in [0, 0.05) is 16.3 Å². The fourth-order valence-corrected chi connectivity index (χ4v) is 2.18. The smallest absolute Gasteiger partial charge is 0.227 e. The molecule has 0 bridgehead atoms. The van der Waals surface area contributed by atoms with Crippen molar-refractivity contribution in [1.82, 2.24) is 0 Å². The molecule has 0 aliphatic rings. The predicted molar refractivity (Wildman–Crippen MR) is 87.8 cm³/mol. The zero-order valence-electron chi connectivity index (χ0n) is 11.8. The van der Waals surface area contributed by atoms with E-state index in [4.69, 9.17) is 10.5 Å². The molecular formula is C16H18N2O2S. The summed E-state index contributed by atoms with van der Waals surface area (Å²) in [4.78, 5) is 13.0. The second-order valence-corrected chi connectivity index (χ2v) is 5.33. The molecule has 2 rings (SSSR count). The van der Waals surface area contributed by atoms with Crippen LogP contribution in [0, 0.1) is 0 Å². The van der Waals surface area contributed by atoms with Crippen molar-refractivity contribution in [3.63, 3.8) is 0 Å². The topological polar surface area (TPSA) is 64.3 Å². The number of thioether (sulfide) groups is 1. The van der Waals surface area contributed by atoms with Crippen LogP contribution in [0.3, 0.4) is 0 Å². The second-order valence-electron chi connectivity index (χ2n) is 4.45. The van der Waals surface area contributed by atoms with Crippen molar-refractivity contribution in [3.8, 4) is 5.75 Å². The summed E-state index contributed by atoms with van der Waals surface area (Å²) < 4.78 is 5.54. The summed E-state index contributed by atoms with van der Waals surface area (Å²) in [5, 5.41) is 2.78. The van der Waals surface area contributed by atoms with E-state index in [1.165, 1.54) is 4.90 Å². The third kappa shape index (κ3) is 5.04. The number of nitrogen functional groups attached to an aromatic ring is 1. The number of amides is 1. The van der Waals surface area contributed by atoms with Gasteiger partial charge in [0.15, 0.2) is 0 Å². The Kier molecular flexibility index (Phi) is 5.51. The molecular weight excluding hydrogens is 284 g/mol. The molecule has 5 heteroatoms. The van der Waals surface area contributed by atoms with Gasteiger partial charge in [0.05, 0.1) is 13.0 Å². The van der Waals surface area contributed by atoms with Crippen LogP contribution in [0.1, 0.15) is 6.42 Å². The maximum atomic E-state index is 11.8. The third-order valence-corrected chi connectivity index (χ3v) is 3.57. The summed E-state index contributed by atoms with van der Waals surface area (Å²) in [6.07, 6.45) is 2.32. The molecule has 0 atom stereocenters. The van der Waals surface area contributed by atoms with Crippen LogP contribution in [0.5, 0.6) is 5.75 Å². The number of hydrogen-bond acceptors (Lipinski definition) is 4. The van der Waals surface area contributed by atoms with Crippen molar-refractivity contribution in [3.05, 3.63) is 48.5 Å². The molecule has 3 N–H and O–H groups in total. The molecule has 0 spiro atoms. The Balaban J connectivity index is 1.76. The summed E-state index contributed by atoms with van der Waals surface area (Å²) in [5.74, 6) is 0.672. The van der Waals surface area contributed by atoms with Gasteiger partial charge >= 0.3 is 0 Å². The Morgan fingerprint density at radius 1 is 1.24 bits per heavy atom. The first-order valence-corrected chi connectivity index (χ1v) is 7.82. The highest BCUT2D eigenvalue weighted by Crippen LogP contribution is 2.19. The molecule has 0 saturated heterocycles. The molecule has 2 aromatic carbocycles. The highest BCUT2D eigenvalue weighted by molar-refractivity contribution is 7.98. The Hall–Kier alpha value is -2.14. The molecule has 0 radical (unpaired) electrons. The predicted octanol–water partition coefficient (Wildman–Crippen LogP) is 3.40. The molecule has 2 aromatic rings. The summed E-state index contributed by atoms with van der Waals surface area (Å²) in [7, 11) is 0. The van der Waals surface area contributed by atoms with E-state index in [9.17, 15) is 4.79 Å². The monoisotopic (exact) mass is 302 g/mol. The van der Waals surface area contributed by atoms with Crippen molar-refractivity contribution in [2.24, 2.45) is 0 Å². The van der Waals surface area contributed by atoms with Crippen molar-refractivity contribution in [2.75, 3.05) is 23.9 Å². The quantitative estimate of drug-likeness (QED) is 0.634. The van der Waals surface area contributed by atoms with Crippen molar-refractivity contribution < 1.29 is 9.53 Å². The zero-order valence-corrected chi connectivity index (χ0v) is 12.7. The minimum Gasteiger partial charge on any atom is -0.493 e. The van der Waals surface area contributed by atoms with Crippen LogP contribution < -0.4 is 15.8 Å². The average Bonchev–Trinajstić information content (AvgIpc) is 2.48. The van der Waals surface area contributed by atoms with Crippen molar-refractivity contribution >= 4 is 29.0 Å². The van der Waals surface area contributed by atoms with Gasteiger partial charge in [0.25, 0.3) is 0 Å². The van der Waals surface area contributed by atoms with Crippen molar-refractivity contribution in [2.45, 2.75) is 11.3 Å². The Morgan fingerprint density at radius 2 is 2.00 bits per heavy atom. The number of ether oxygens (including phenoxy) is 1. The van der Waals surface area contributed by atoms with E-state index in [0.717, 1.165) is 5.75 Å². The molecule has 0 unspecified atom stereocenters. The molecule has 0 saturated carbocycles. The van der Waals surface area contributed by atoms with Gasteiger partial charge in [-0.1, -0.05) is 6.07 Å². The van der Waals surface area contributed by atoms with Gasteiger partial charge < -0.3 is 15.8 Å². The maximum absolute atomic E-state index is 11.8. The normalized spacial score (nSPS) is 10.1. The van der Waals surface area contributed by atoms with Crippen molar-refractivity contribution in [1.29, 1.82) is 0 Å². The number of hydrogen-bond donors (Lipinski definition) is 2. The number of nitrogens with two attached hydrogens (primary N) is 1. The zero-order chi connectivity index (χ0) is 15.1. The number of rotatable bonds is 6. The molecule has 0 aromatic heterocycles. The van der Waals surface area contributed by atoms with Crippen LogP contribution >= 0.6 is 11.8 Å².